The quantitative estimate of drug-likeness (QED) is 0.668. The topological polar surface area (TPSA) is 20.2 Å². The van der Waals surface area contributed by atoms with E-state index >= 15 is 0 Å². The summed E-state index contributed by atoms with van der Waals surface area (Å²) in [5.74, 6) is 1.66. The van der Waals surface area contributed by atoms with Crippen molar-refractivity contribution in [1.82, 2.24) is 0 Å². The lowest BCUT2D eigenvalue weighted by Crippen LogP contribution is -2.03. The molecule has 10 heavy (non-hydrogen) atoms. The Morgan fingerprint density at radius 3 is 2.30 bits per heavy atom. The standard InChI is InChI=1S/C8H18OS/c1-7(2)6-8(3)10-5-4-9/h7-9H,4-6H2,1-3H3. The second-order valence-corrected chi connectivity index (χ2v) is 4.58. The lowest BCUT2D eigenvalue weighted by molar-refractivity contribution is 0.322. The molecule has 0 spiro atoms. The van der Waals surface area contributed by atoms with E-state index < -0.39 is 0 Å². The lowest BCUT2D eigenvalue weighted by atomic mass is 10.1. The number of hydrogen-bond donors (Lipinski definition) is 1. The zero-order valence-electron chi connectivity index (χ0n) is 7.13. The number of rotatable bonds is 5. The third-order valence-corrected chi connectivity index (χ3v) is 2.48. The van der Waals surface area contributed by atoms with Crippen LogP contribution in [0.15, 0.2) is 0 Å². The lowest BCUT2D eigenvalue weighted by Gasteiger charge is -2.11. The summed E-state index contributed by atoms with van der Waals surface area (Å²) in [6, 6.07) is 0. The van der Waals surface area contributed by atoms with E-state index in [0.717, 1.165) is 11.7 Å². The van der Waals surface area contributed by atoms with Gasteiger partial charge in [0.05, 0.1) is 6.61 Å². The second kappa shape index (κ2) is 6.05. The Morgan fingerprint density at radius 1 is 1.30 bits per heavy atom. The van der Waals surface area contributed by atoms with Crippen molar-refractivity contribution in [2.75, 3.05) is 12.4 Å². The van der Waals surface area contributed by atoms with Gasteiger partial charge in [0.25, 0.3) is 0 Å². The first kappa shape index (κ1) is 10.3. The molecule has 0 bridgehead atoms. The Labute approximate surface area is 68.2 Å². The van der Waals surface area contributed by atoms with Crippen molar-refractivity contribution in [1.29, 1.82) is 0 Å². The number of aliphatic hydroxyl groups excluding tert-OH is 1. The molecule has 0 aromatic carbocycles. The molecule has 0 rings (SSSR count). The molecule has 0 aromatic heterocycles. The van der Waals surface area contributed by atoms with E-state index in [9.17, 15) is 0 Å². The van der Waals surface area contributed by atoms with E-state index in [-0.39, 0.29) is 0 Å². The minimum absolute atomic E-state index is 0.313. The maximum absolute atomic E-state index is 8.53. The Balaban J connectivity index is 3.16. The molecule has 0 aliphatic rings. The summed E-state index contributed by atoms with van der Waals surface area (Å²) in [5.41, 5.74) is 0. The van der Waals surface area contributed by atoms with Crippen LogP contribution >= 0.6 is 11.8 Å². The zero-order chi connectivity index (χ0) is 7.98. The number of thioether (sulfide) groups is 1. The van der Waals surface area contributed by atoms with Crippen molar-refractivity contribution in [3.05, 3.63) is 0 Å². The number of aliphatic hydroxyl groups is 1. The molecule has 0 fully saturated rings. The summed E-state index contributed by atoms with van der Waals surface area (Å²) in [5, 5.41) is 9.23. The predicted molar refractivity (Wildman–Crippen MR) is 48.5 cm³/mol. The van der Waals surface area contributed by atoms with E-state index in [2.05, 4.69) is 20.8 Å². The van der Waals surface area contributed by atoms with Crippen molar-refractivity contribution in [2.24, 2.45) is 5.92 Å². The zero-order valence-corrected chi connectivity index (χ0v) is 7.95. The van der Waals surface area contributed by atoms with Gasteiger partial charge in [-0.25, -0.2) is 0 Å². The second-order valence-electron chi connectivity index (χ2n) is 3.03. The Hall–Kier alpha value is 0.310. The molecule has 1 nitrogen and oxygen atoms in total. The monoisotopic (exact) mass is 162 g/mol. The fourth-order valence-corrected chi connectivity index (χ4v) is 2.01. The van der Waals surface area contributed by atoms with Gasteiger partial charge in [-0.1, -0.05) is 20.8 Å². The van der Waals surface area contributed by atoms with Crippen LogP contribution in [0.5, 0.6) is 0 Å². The third-order valence-electron chi connectivity index (χ3n) is 1.30. The summed E-state index contributed by atoms with van der Waals surface area (Å²) in [7, 11) is 0. The van der Waals surface area contributed by atoms with Gasteiger partial charge in [0.2, 0.25) is 0 Å². The molecule has 0 aliphatic carbocycles. The van der Waals surface area contributed by atoms with E-state index in [1.165, 1.54) is 6.42 Å². The van der Waals surface area contributed by atoms with Crippen molar-refractivity contribution < 1.29 is 5.11 Å². The largest absolute Gasteiger partial charge is 0.396 e. The van der Waals surface area contributed by atoms with Gasteiger partial charge < -0.3 is 5.11 Å². The first-order chi connectivity index (χ1) is 4.66. The SMILES string of the molecule is CC(C)CC(C)SCCO. The number of hydrogen-bond acceptors (Lipinski definition) is 2. The molecule has 0 saturated carbocycles. The maximum Gasteiger partial charge on any atom is 0.0521 e. The predicted octanol–water partition coefficient (Wildman–Crippen LogP) is 2.15. The molecule has 1 unspecified atom stereocenters. The van der Waals surface area contributed by atoms with Crippen LogP contribution in [-0.2, 0) is 0 Å². The van der Waals surface area contributed by atoms with Crippen molar-refractivity contribution >= 4 is 11.8 Å². The summed E-state index contributed by atoms with van der Waals surface area (Å²) in [4.78, 5) is 0. The molecule has 2 heteroatoms. The van der Waals surface area contributed by atoms with Crippen LogP contribution in [0.2, 0.25) is 0 Å². The molecular weight excluding hydrogens is 144 g/mol. The van der Waals surface area contributed by atoms with Crippen molar-refractivity contribution in [3.63, 3.8) is 0 Å². The van der Waals surface area contributed by atoms with Gasteiger partial charge in [-0.15, -0.1) is 0 Å². The van der Waals surface area contributed by atoms with Crippen LogP contribution in [-0.4, -0.2) is 22.7 Å². The minimum atomic E-state index is 0.313. The van der Waals surface area contributed by atoms with Crippen LogP contribution in [0.3, 0.4) is 0 Å². The normalized spacial score (nSPS) is 14.1. The first-order valence-corrected chi connectivity index (χ1v) is 4.94. The van der Waals surface area contributed by atoms with Gasteiger partial charge in [-0.05, 0) is 12.3 Å². The maximum atomic E-state index is 8.53. The van der Waals surface area contributed by atoms with Gasteiger partial charge in [0.15, 0.2) is 0 Å². The summed E-state index contributed by atoms with van der Waals surface area (Å²) < 4.78 is 0. The highest BCUT2D eigenvalue weighted by molar-refractivity contribution is 7.99. The molecule has 0 aliphatic heterocycles. The van der Waals surface area contributed by atoms with E-state index in [1.54, 1.807) is 0 Å². The summed E-state index contributed by atoms with van der Waals surface area (Å²) >= 11 is 1.85. The van der Waals surface area contributed by atoms with Crippen LogP contribution < -0.4 is 0 Å². The fraction of sp³-hybridized carbons (Fsp3) is 1.00. The molecule has 0 amide bonds. The molecule has 0 aromatic rings. The van der Waals surface area contributed by atoms with Gasteiger partial charge in [-0.2, -0.15) is 11.8 Å². The highest BCUT2D eigenvalue weighted by Crippen LogP contribution is 2.17. The molecule has 0 radical (unpaired) electrons. The Bertz CT molecular complexity index is 73.7. The molecule has 0 saturated heterocycles. The Morgan fingerprint density at radius 2 is 1.90 bits per heavy atom. The molecule has 1 atom stereocenters. The van der Waals surface area contributed by atoms with Crippen molar-refractivity contribution in [3.8, 4) is 0 Å². The van der Waals surface area contributed by atoms with Gasteiger partial charge in [0.1, 0.15) is 0 Å². The highest BCUT2D eigenvalue weighted by atomic mass is 32.2. The van der Waals surface area contributed by atoms with Gasteiger partial charge in [-0.3, -0.25) is 0 Å². The molecular formula is C8H18OS. The third kappa shape index (κ3) is 6.43. The fourth-order valence-electron chi connectivity index (χ4n) is 0.986. The van der Waals surface area contributed by atoms with Crippen LogP contribution in [0.1, 0.15) is 27.2 Å². The summed E-state index contributed by atoms with van der Waals surface area (Å²) in [6.07, 6.45) is 1.25. The average molecular weight is 162 g/mol. The van der Waals surface area contributed by atoms with E-state index in [0.29, 0.717) is 11.9 Å². The van der Waals surface area contributed by atoms with Crippen LogP contribution in [0.4, 0.5) is 0 Å². The molecule has 62 valence electrons. The van der Waals surface area contributed by atoms with Crippen LogP contribution in [0, 0.1) is 5.92 Å². The minimum Gasteiger partial charge on any atom is -0.396 e. The van der Waals surface area contributed by atoms with E-state index in [1.807, 2.05) is 11.8 Å². The highest BCUT2D eigenvalue weighted by Gasteiger charge is 2.03. The summed E-state index contributed by atoms with van der Waals surface area (Å²) in [6.45, 7) is 7.00. The Kier molecular flexibility index (Phi) is 6.24. The first-order valence-electron chi connectivity index (χ1n) is 3.89. The van der Waals surface area contributed by atoms with Gasteiger partial charge >= 0.3 is 0 Å². The average Bonchev–Trinajstić information content (AvgIpc) is 1.82. The van der Waals surface area contributed by atoms with Crippen molar-refractivity contribution in [2.45, 2.75) is 32.4 Å². The smallest absolute Gasteiger partial charge is 0.0521 e. The van der Waals surface area contributed by atoms with E-state index in [4.69, 9.17) is 5.11 Å². The van der Waals surface area contributed by atoms with Gasteiger partial charge in [0, 0.05) is 11.0 Å². The molecule has 1 N–H and O–H groups in total. The molecule has 0 heterocycles. The van der Waals surface area contributed by atoms with Crippen LogP contribution in [0.25, 0.3) is 0 Å².